The lowest BCUT2D eigenvalue weighted by atomic mass is 10.1. The van der Waals surface area contributed by atoms with Crippen molar-refractivity contribution in [1.29, 1.82) is 0 Å². The van der Waals surface area contributed by atoms with Gasteiger partial charge in [-0.1, -0.05) is 23.9 Å². The van der Waals surface area contributed by atoms with Gasteiger partial charge in [0.25, 0.3) is 0 Å². The Kier molecular flexibility index (Phi) is 5.94. The Morgan fingerprint density at radius 2 is 1.93 bits per heavy atom. The number of aryl methyl sites for hydroxylation is 1. The van der Waals surface area contributed by atoms with Gasteiger partial charge in [-0.3, -0.25) is 14.3 Å². The summed E-state index contributed by atoms with van der Waals surface area (Å²) in [6.45, 7) is 4.50. The zero-order valence-electron chi connectivity index (χ0n) is 16.7. The Morgan fingerprint density at radius 1 is 1.10 bits per heavy atom. The van der Waals surface area contributed by atoms with Crippen molar-refractivity contribution in [3.8, 4) is 11.4 Å². The van der Waals surface area contributed by atoms with Gasteiger partial charge in [-0.2, -0.15) is 0 Å². The average Bonchev–Trinajstić information content (AvgIpc) is 3.41. The highest BCUT2D eigenvalue weighted by atomic mass is 32.2. The zero-order chi connectivity index (χ0) is 20.9. The molecule has 0 aliphatic carbocycles. The van der Waals surface area contributed by atoms with Gasteiger partial charge < -0.3 is 9.73 Å². The minimum absolute atomic E-state index is 0.0910. The molecule has 0 aliphatic heterocycles. The molecule has 8 heteroatoms. The van der Waals surface area contributed by atoms with Gasteiger partial charge in [-0.15, -0.1) is 10.2 Å². The van der Waals surface area contributed by atoms with Gasteiger partial charge in [-0.25, -0.2) is 0 Å². The first-order chi connectivity index (χ1) is 14.6. The molecule has 0 aliphatic rings. The predicted molar refractivity (Wildman–Crippen MR) is 116 cm³/mol. The number of anilines is 1. The van der Waals surface area contributed by atoms with E-state index >= 15 is 0 Å². The number of thioether (sulfide) groups is 1. The van der Waals surface area contributed by atoms with E-state index in [-0.39, 0.29) is 11.7 Å². The normalized spacial score (nSPS) is 10.9. The van der Waals surface area contributed by atoms with Crippen LogP contribution >= 0.6 is 11.8 Å². The van der Waals surface area contributed by atoms with Crippen LogP contribution in [-0.4, -0.2) is 31.4 Å². The lowest BCUT2D eigenvalue weighted by Crippen LogP contribution is -2.15. The summed E-state index contributed by atoms with van der Waals surface area (Å²) < 4.78 is 7.45. The molecule has 3 aromatic heterocycles. The number of carbonyl (C=O) groups excluding carboxylic acids is 1. The molecule has 3 heterocycles. The van der Waals surface area contributed by atoms with E-state index in [1.807, 2.05) is 60.9 Å². The van der Waals surface area contributed by atoms with E-state index in [0.717, 1.165) is 28.1 Å². The zero-order valence-corrected chi connectivity index (χ0v) is 17.5. The van der Waals surface area contributed by atoms with Crippen LogP contribution in [0.4, 0.5) is 5.69 Å². The van der Waals surface area contributed by atoms with Crippen molar-refractivity contribution in [3.05, 3.63) is 78.0 Å². The van der Waals surface area contributed by atoms with Gasteiger partial charge in [0.1, 0.15) is 5.76 Å². The SMILES string of the molecule is Cc1cccc(NC(=O)CSc2nnc(-c3ccncc3)n2Cc2ccco2)c1C. The van der Waals surface area contributed by atoms with Gasteiger partial charge in [0.15, 0.2) is 11.0 Å². The molecule has 30 heavy (non-hydrogen) atoms. The Balaban J connectivity index is 1.52. The number of hydrogen-bond acceptors (Lipinski definition) is 6. The van der Waals surface area contributed by atoms with E-state index in [1.54, 1.807) is 18.7 Å². The predicted octanol–water partition coefficient (Wildman–Crippen LogP) is 4.33. The van der Waals surface area contributed by atoms with E-state index in [2.05, 4.69) is 20.5 Å². The third-order valence-electron chi connectivity index (χ3n) is 4.76. The minimum Gasteiger partial charge on any atom is -0.467 e. The second-order valence-corrected chi connectivity index (χ2v) is 7.73. The van der Waals surface area contributed by atoms with Crippen LogP contribution in [0.15, 0.2) is 70.7 Å². The van der Waals surface area contributed by atoms with Crippen LogP contribution in [0.25, 0.3) is 11.4 Å². The topological polar surface area (TPSA) is 85.8 Å². The summed E-state index contributed by atoms with van der Waals surface area (Å²) in [6.07, 6.45) is 5.06. The summed E-state index contributed by atoms with van der Waals surface area (Å²) in [5.41, 5.74) is 3.93. The fourth-order valence-electron chi connectivity index (χ4n) is 3.01. The van der Waals surface area contributed by atoms with E-state index in [4.69, 9.17) is 4.42 Å². The summed E-state index contributed by atoms with van der Waals surface area (Å²) >= 11 is 1.34. The molecule has 152 valence electrons. The van der Waals surface area contributed by atoms with Crippen molar-refractivity contribution in [1.82, 2.24) is 19.7 Å². The van der Waals surface area contributed by atoms with Crippen LogP contribution in [0.5, 0.6) is 0 Å². The molecule has 4 aromatic rings. The number of benzene rings is 1. The van der Waals surface area contributed by atoms with Crippen molar-refractivity contribution in [2.24, 2.45) is 0 Å². The fourth-order valence-corrected chi connectivity index (χ4v) is 3.75. The molecule has 1 N–H and O–H groups in total. The molecule has 1 amide bonds. The van der Waals surface area contributed by atoms with E-state index < -0.39 is 0 Å². The number of rotatable bonds is 7. The van der Waals surface area contributed by atoms with Gasteiger partial charge in [0.2, 0.25) is 5.91 Å². The van der Waals surface area contributed by atoms with Gasteiger partial charge in [0, 0.05) is 23.6 Å². The van der Waals surface area contributed by atoms with Crippen molar-refractivity contribution >= 4 is 23.4 Å². The first-order valence-electron chi connectivity index (χ1n) is 9.46. The summed E-state index contributed by atoms with van der Waals surface area (Å²) in [4.78, 5) is 16.6. The number of pyridine rings is 1. The largest absolute Gasteiger partial charge is 0.467 e. The Hall–Kier alpha value is -3.39. The van der Waals surface area contributed by atoms with Gasteiger partial charge >= 0.3 is 0 Å². The number of aromatic nitrogens is 4. The van der Waals surface area contributed by atoms with Gasteiger partial charge in [0.05, 0.1) is 18.6 Å². The maximum absolute atomic E-state index is 12.5. The second kappa shape index (κ2) is 8.96. The van der Waals surface area contributed by atoms with Crippen LogP contribution in [0, 0.1) is 13.8 Å². The number of amides is 1. The Morgan fingerprint density at radius 3 is 2.70 bits per heavy atom. The molecular formula is C22H21N5O2S. The molecule has 1 aromatic carbocycles. The molecule has 4 rings (SSSR count). The van der Waals surface area contributed by atoms with E-state index in [1.165, 1.54) is 11.8 Å². The maximum Gasteiger partial charge on any atom is 0.234 e. The standard InChI is InChI=1S/C22H21N5O2S/c1-15-5-3-7-19(16(15)2)24-20(28)14-30-22-26-25-21(17-8-10-23-11-9-17)27(22)13-18-6-4-12-29-18/h3-12H,13-14H2,1-2H3,(H,24,28). The molecule has 0 saturated carbocycles. The molecular weight excluding hydrogens is 398 g/mol. The summed E-state index contributed by atoms with van der Waals surface area (Å²) in [7, 11) is 0. The lowest BCUT2D eigenvalue weighted by molar-refractivity contribution is -0.113. The van der Waals surface area contributed by atoms with Crippen molar-refractivity contribution < 1.29 is 9.21 Å². The minimum atomic E-state index is -0.0910. The lowest BCUT2D eigenvalue weighted by Gasteiger charge is -2.11. The molecule has 0 fully saturated rings. The second-order valence-electron chi connectivity index (χ2n) is 6.79. The monoisotopic (exact) mass is 419 g/mol. The van der Waals surface area contributed by atoms with Crippen LogP contribution in [0.3, 0.4) is 0 Å². The quantitative estimate of drug-likeness (QED) is 0.449. The van der Waals surface area contributed by atoms with Crippen molar-refractivity contribution in [3.63, 3.8) is 0 Å². The number of nitrogens with zero attached hydrogens (tertiary/aromatic N) is 4. The summed E-state index contributed by atoms with van der Waals surface area (Å²) in [5.74, 6) is 1.62. The molecule has 7 nitrogen and oxygen atoms in total. The fraction of sp³-hybridized carbons (Fsp3) is 0.182. The average molecular weight is 420 g/mol. The summed E-state index contributed by atoms with van der Waals surface area (Å²) in [6, 6.07) is 13.4. The van der Waals surface area contributed by atoms with E-state index in [0.29, 0.717) is 17.5 Å². The van der Waals surface area contributed by atoms with Crippen molar-refractivity contribution in [2.45, 2.75) is 25.5 Å². The van der Waals surface area contributed by atoms with Crippen LogP contribution in [-0.2, 0) is 11.3 Å². The first-order valence-corrected chi connectivity index (χ1v) is 10.4. The molecule has 0 radical (unpaired) electrons. The van der Waals surface area contributed by atoms with Gasteiger partial charge in [-0.05, 0) is 55.3 Å². The maximum atomic E-state index is 12.5. The van der Waals surface area contributed by atoms with Crippen LogP contribution in [0.1, 0.15) is 16.9 Å². The highest BCUT2D eigenvalue weighted by molar-refractivity contribution is 7.99. The van der Waals surface area contributed by atoms with Crippen LogP contribution in [0.2, 0.25) is 0 Å². The van der Waals surface area contributed by atoms with E-state index in [9.17, 15) is 4.79 Å². The Labute approximate surface area is 178 Å². The highest BCUT2D eigenvalue weighted by Crippen LogP contribution is 2.25. The number of carbonyl (C=O) groups is 1. The third-order valence-corrected chi connectivity index (χ3v) is 5.73. The number of nitrogens with one attached hydrogen (secondary N) is 1. The molecule has 0 atom stereocenters. The molecule has 0 unspecified atom stereocenters. The summed E-state index contributed by atoms with van der Waals surface area (Å²) in [5, 5.41) is 12.3. The smallest absolute Gasteiger partial charge is 0.234 e. The third kappa shape index (κ3) is 4.44. The molecule has 0 bridgehead atoms. The Bertz CT molecular complexity index is 1140. The number of furan rings is 1. The number of hydrogen-bond donors (Lipinski definition) is 1. The van der Waals surface area contributed by atoms with Crippen molar-refractivity contribution in [2.75, 3.05) is 11.1 Å². The highest BCUT2D eigenvalue weighted by Gasteiger charge is 2.17. The first kappa shape index (κ1) is 19.9. The van der Waals surface area contributed by atoms with Crippen LogP contribution < -0.4 is 5.32 Å². The molecule has 0 saturated heterocycles. The molecule has 0 spiro atoms.